The van der Waals surface area contributed by atoms with Gasteiger partial charge in [0, 0.05) is 0 Å². The van der Waals surface area contributed by atoms with Crippen molar-refractivity contribution in [3.05, 3.63) is 106 Å². The van der Waals surface area contributed by atoms with E-state index in [1.165, 1.54) is 24.3 Å². The van der Waals surface area contributed by atoms with Crippen LogP contribution in [0.2, 0.25) is 0 Å². The van der Waals surface area contributed by atoms with E-state index in [0.717, 1.165) is 11.1 Å². The minimum Gasteiger partial charge on any atom is -0.386 e. The Morgan fingerprint density at radius 1 is 0.500 bits per heavy atom. The van der Waals surface area contributed by atoms with Gasteiger partial charge in [-0.3, -0.25) is 0 Å². The molecule has 0 fully saturated rings. The summed E-state index contributed by atoms with van der Waals surface area (Å²) in [5.41, 5.74) is 2.34. The monoisotopic (exact) mass is 402 g/mol. The third-order valence-electron chi connectivity index (χ3n) is 4.28. The smallest absolute Gasteiger partial charge is 0.346 e. The Hall–Kier alpha value is -4.06. The highest BCUT2D eigenvalue weighted by atomic mass is 16.6. The summed E-state index contributed by atoms with van der Waals surface area (Å²) in [5, 5.41) is 0. The third-order valence-corrected chi connectivity index (χ3v) is 4.28. The fraction of sp³-hybridized carbons (Fsp3) is 0.0833. The highest BCUT2D eigenvalue weighted by Gasteiger charge is 2.19. The summed E-state index contributed by atoms with van der Waals surface area (Å²) in [6, 6.07) is 18.5. The van der Waals surface area contributed by atoms with Crippen molar-refractivity contribution in [2.75, 3.05) is 0 Å². The molecule has 0 atom stereocenters. The maximum Gasteiger partial charge on any atom is 0.346 e. The summed E-state index contributed by atoms with van der Waals surface area (Å²) < 4.78 is 9.72. The SMILES string of the molecule is Cc1ccc(C(=O)OC(=O)c2cccc(C(=O)OC(=O)c3ccc(C)cc3)c2)cc1. The highest BCUT2D eigenvalue weighted by molar-refractivity contribution is 6.05. The second kappa shape index (κ2) is 8.96. The molecule has 0 unspecified atom stereocenters. The van der Waals surface area contributed by atoms with Gasteiger partial charge in [0.1, 0.15) is 0 Å². The molecule has 0 N–H and O–H groups in total. The van der Waals surface area contributed by atoms with Gasteiger partial charge in [0.15, 0.2) is 0 Å². The van der Waals surface area contributed by atoms with Crippen LogP contribution in [0.25, 0.3) is 0 Å². The zero-order chi connectivity index (χ0) is 21.7. The molecule has 30 heavy (non-hydrogen) atoms. The van der Waals surface area contributed by atoms with Gasteiger partial charge in [0.2, 0.25) is 0 Å². The summed E-state index contributed by atoms with van der Waals surface area (Å²) in [6.07, 6.45) is 0. The number of carbonyl (C=O) groups is 4. The van der Waals surface area contributed by atoms with Gasteiger partial charge < -0.3 is 9.47 Å². The molecule has 3 aromatic carbocycles. The molecule has 0 heterocycles. The summed E-state index contributed by atoms with van der Waals surface area (Å²) in [4.78, 5) is 48.8. The van der Waals surface area contributed by atoms with Gasteiger partial charge in [0.05, 0.1) is 22.3 Å². The quantitative estimate of drug-likeness (QED) is 0.478. The van der Waals surface area contributed by atoms with Gasteiger partial charge in [-0.2, -0.15) is 0 Å². The Balaban J connectivity index is 1.68. The molecule has 0 radical (unpaired) electrons. The Labute approximate surface area is 173 Å². The van der Waals surface area contributed by atoms with Crippen molar-refractivity contribution in [3.63, 3.8) is 0 Å². The molecule has 0 amide bonds. The van der Waals surface area contributed by atoms with Crippen LogP contribution in [-0.2, 0) is 9.47 Å². The van der Waals surface area contributed by atoms with Gasteiger partial charge in [0.25, 0.3) is 0 Å². The van der Waals surface area contributed by atoms with Crippen molar-refractivity contribution in [3.8, 4) is 0 Å². The molecule has 0 bridgehead atoms. The number of benzene rings is 3. The van der Waals surface area contributed by atoms with Crippen LogP contribution in [0.1, 0.15) is 52.6 Å². The largest absolute Gasteiger partial charge is 0.386 e. The Bertz CT molecular complexity index is 1020. The maximum absolute atomic E-state index is 12.3. The second-order valence-electron chi connectivity index (χ2n) is 6.67. The topological polar surface area (TPSA) is 86.7 Å². The van der Waals surface area contributed by atoms with Crippen molar-refractivity contribution >= 4 is 23.9 Å². The molecule has 3 rings (SSSR count). The van der Waals surface area contributed by atoms with Gasteiger partial charge in [-0.05, 0) is 56.3 Å². The molecule has 0 aliphatic rings. The number of hydrogen-bond donors (Lipinski definition) is 0. The van der Waals surface area contributed by atoms with Gasteiger partial charge in [-0.15, -0.1) is 0 Å². The lowest BCUT2D eigenvalue weighted by Gasteiger charge is -2.06. The van der Waals surface area contributed by atoms with Crippen LogP contribution in [0.15, 0.2) is 72.8 Å². The molecular formula is C24H18O6. The van der Waals surface area contributed by atoms with Gasteiger partial charge >= 0.3 is 23.9 Å². The number of carbonyl (C=O) groups excluding carboxylic acids is 4. The van der Waals surface area contributed by atoms with E-state index in [0.29, 0.717) is 0 Å². The first-order valence-electron chi connectivity index (χ1n) is 9.10. The highest BCUT2D eigenvalue weighted by Crippen LogP contribution is 2.13. The number of esters is 4. The molecule has 0 aromatic heterocycles. The molecule has 6 nitrogen and oxygen atoms in total. The molecule has 0 saturated carbocycles. The van der Waals surface area contributed by atoms with E-state index in [9.17, 15) is 19.2 Å². The normalized spacial score (nSPS) is 10.2. The van der Waals surface area contributed by atoms with E-state index in [2.05, 4.69) is 0 Å². The molecule has 150 valence electrons. The zero-order valence-electron chi connectivity index (χ0n) is 16.4. The van der Waals surface area contributed by atoms with E-state index in [4.69, 9.17) is 9.47 Å². The van der Waals surface area contributed by atoms with Crippen LogP contribution in [0.3, 0.4) is 0 Å². The van der Waals surface area contributed by atoms with Crippen molar-refractivity contribution < 1.29 is 28.7 Å². The molecular weight excluding hydrogens is 384 g/mol. The number of hydrogen-bond acceptors (Lipinski definition) is 6. The van der Waals surface area contributed by atoms with E-state index >= 15 is 0 Å². The van der Waals surface area contributed by atoms with Crippen LogP contribution >= 0.6 is 0 Å². The Morgan fingerprint density at radius 3 is 1.20 bits per heavy atom. The van der Waals surface area contributed by atoms with Crippen LogP contribution in [0.4, 0.5) is 0 Å². The number of aryl methyl sites for hydroxylation is 2. The van der Waals surface area contributed by atoms with Gasteiger partial charge in [-0.25, -0.2) is 19.2 Å². The Morgan fingerprint density at radius 2 is 0.833 bits per heavy atom. The molecule has 0 aliphatic heterocycles. The minimum absolute atomic E-state index is 0.0207. The standard InChI is InChI=1S/C24H18O6/c1-15-6-10-17(11-7-15)21(25)29-23(27)19-4-3-5-20(14-19)24(28)30-22(26)18-12-8-16(2)9-13-18/h3-14H,1-2H3. The maximum atomic E-state index is 12.3. The first-order chi connectivity index (χ1) is 14.3. The van der Waals surface area contributed by atoms with Crippen LogP contribution < -0.4 is 0 Å². The average Bonchev–Trinajstić information content (AvgIpc) is 2.74. The lowest BCUT2D eigenvalue weighted by molar-refractivity contribution is 0.0386. The summed E-state index contributed by atoms with van der Waals surface area (Å²) >= 11 is 0. The van der Waals surface area contributed by atoms with Crippen molar-refractivity contribution in [2.24, 2.45) is 0 Å². The first-order valence-corrected chi connectivity index (χ1v) is 9.10. The lowest BCUT2D eigenvalue weighted by Crippen LogP contribution is -2.15. The predicted octanol–water partition coefficient (Wildman–Crippen LogP) is 4.30. The fourth-order valence-electron chi connectivity index (χ4n) is 2.56. The second-order valence-corrected chi connectivity index (χ2v) is 6.67. The average molecular weight is 402 g/mol. The van der Waals surface area contributed by atoms with Gasteiger partial charge in [-0.1, -0.05) is 41.5 Å². The molecule has 3 aromatic rings. The van der Waals surface area contributed by atoms with Crippen LogP contribution in [-0.4, -0.2) is 23.9 Å². The predicted molar refractivity (Wildman–Crippen MR) is 108 cm³/mol. The van der Waals surface area contributed by atoms with E-state index in [1.807, 2.05) is 13.8 Å². The fourth-order valence-corrected chi connectivity index (χ4v) is 2.56. The summed E-state index contributed by atoms with van der Waals surface area (Å²) in [6.45, 7) is 3.74. The molecule has 0 aliphatic carbocycles. The molecule has 6 heteroatoms. The summed E-state index contributed by atoms with van der Waals surface area (Å²) in [5.74, 6) is -3.44. The van der Waals surface area contributed by atoms with Crippen LogP contribution in [0, 0.1) is 13.8 Å². The van der Waals surface area contributed by atoms with Crippen molar-refractivity contribution in [1.29, 1.82) is 0 Å². The van der Waals surface area contributed by atoms with E-state index < -0.39 is 23.9 Å². The van der Waals surface area contributed by atoms with Crippen LogP contribution in [0.5, 0.6) is 0 Å². The van der Waals surface area contributed by atoms with Crippen molar-refractivity contribution in [1.82, 2.24) is 0 Å². The lowest BCUT2D eigenvalue weighted by atomic mass is 10.1. The van der Waals surface area contributed by atoms with Crippen molar-refractivity contribution in [2.45, 2.75) is 13.8 Å². The first kappa shape index (κ1) is 20.7. The number of rotatable bonds is 4. The minimum atomic E-state index is -0.917. The molecule has 0 spiro atoms. The van der Waals surface area contributed by atoms with E-state index in [1.54, 1.807) is 48.5 Å². The third kappa shape index (κ3) is 5.05. The zero-order valence-corrected chi connectivity index (χ0v) is 16.4. The summed E-state index contributed by atoms with van der Waals surface area (Å²) in [7, 11) is 0. The number of ether oxygens (including phenoxy) is 2. The Kier molecular flexibility index (Phi) is 6.17. The molecule has 0 saturated heterocycles. The van der Waals surface area contributed by atoms with E-state index in [-0.39, 0.29) is 22.3 Å².